The average Bonchev–Trinajstić information content (AvgIpc) is 2.45. The molecule has 2 saturated carbocycles. The zero-order valence-corrected chi connectivity index (χ0v) is 7.27. The van der Waals surface area contributed by atoms with E-state index in [1.54, 1.807) is 0 Å². The van der Waals surface area contributed by atoms with E-state index in [9.17, 15) is 15.3 Å². The van der Waals surface area contributed by atoms with E-state index >= 15 is 0 Å². The van der Waals surface area contributed by atoms with Crippen molar-refractivity contribution >= 4 is 0 Å². The van der Waals surface area contributed by atoms with Crippen molar-refractivity contribution in [1.82, 2.24) is 0 Å². The minimum atomic E-state index is -1.22. The Morgan fingerprint density at radius 1 is 1.33 bits per heavy atom. The zero-order valence-electron chi connectivity index (χ0n) is 7.27. The van der Waals surface area contributed by atoms with Crippen molar-refractivity contribution < 1.29 is 15.3 Å². The van der Waals surface area contributed by atoms with Gasteiger partial charge < -0.3 is 15.3 Å². The molecule has 4 unspecified atom stereocenters. The molecule has 0 amide bonds. The molecule has 4 atom stereocenters. The molecule has 0 aromatic rings. The van der Waals surface area contributed by atoms with Crippen molar-refractivity contribution in [3.05, 3.63) is 0 Å². The highest BCUT2D eigenvalue weighted by atomic mass is 16.5. The molecule has 0 spiro atoms. The van der Waals surface area contributed by atoms with Crippen LogP contribution in [0.25, 0.3) is 0 Å². The SMILES string of the molecule is CC1(C(O)O)CC2CC1CC2O. The lowest BCUT2D eigenvalue weighted by Crippen LogP contribution is -2.39. The summed E-state index contributed by atoms with van der Waals surface area (Å²) in [6, 6.07) is 0. The average molecular weight is 172 g/mol. The third-order valence-corrected chi connectivity index (χ3v) is 3.88. The predicted octanol–water partition coefficient (Wildman–Crippen LogP) is 0.0942. The summed E-state index contributed by atoms with van der Waals surface area (Å²) in [5.41, 5.74) is -0.357. The number of aliphatic hydroxyl groups excluding tert-OH is 2. The maximum absolute atomic E-state index is 9.47. The fourth-order valence-corrected chi connectivity index (χ4v) is 2.91. The maximum atomic E-state index is 9.47. The topological polar surface area (TPSA) is 60.7 Å². The van der Waals surface area contributed by atoms with Crippen LogP contribution in [0.4, 0.5) is 0 Å². The van der Waals surface area contributed by atoms with Crippen molar-refractivity contribution in [2.75, 3.05) is 0 Å². The molecule has 0 aromatic heterocycles. The molecule has 70 valence electrons. The van der Waals surface area contributed by atoms with Gasteiger partial charge in [0, 0.05) is 5.41 Å². The van der Waals surface area contributed by atoms with Crippen LogP contribution in [0.2, 0.25) is 0 Å². The van der Waals surface area contributed by atoms with Gasteiger partial charge >= 0.3 is 0 Å². The minimum Gasteiger partial charge on any atom is -0.393 e. The Hall–Kier alpha value is -0.120. The van der Waals surface area contributed by atoms with Crippen molar-refractivity contribution in [2.45, 2.75) is 38.6 Å². The molecule has 0 aliphatic heterocycles. The second-order valence-corrected chi connectivity index (χ2v) is 4.58. The summed E-state index contributed by atoms with van der Waals surface area (Å²) in [6.07, 6.45) is 1.06. The van der Waals surface area contributed by atoms with E-state index in [0.717, 1.165) is 19.3 Å². The van der Waals surface area contributed by atoms with Crippen molar-refractivity contribution in [2.24, 2.45) is 17.3 Å². The summed E-state index contributed by atoms with van der Waals surface area (Å²) >= 11 is 0. The molecule has 0 heterocycles. The van der Waals surface area contributed by atoms with E-state index in [1.807, 2.05) is 6.92 Å². The number of hydrogen-bond donors (Lipinski definition) is 3. The van der Waals surface area contributed by atoms with Gasteiger partial charge in [-0.15, -0.1) is 0 Å². The van der Waals surface area contributed by atoms with Gasteiger partial charge in [0.2, 0.25) is 0 Å². The fourth-order valence-electron chi connectivity index (χ4n) is 2.91. The molecule has 2 bridgehead atoms. The summed E-state index contributed by atoms with van der Waals surface area (Å²) in [6.45, 7) is 1.91. The Morgan fingerprint density at radius 3 is 2.33 bits per heavy atom. The Bertz CT molecular complexity index is 190. The molecule has 12 heavy (non-hydrogen) atoms. The highest BCUT2D eigenvalue weighted by Crippen LogP contribution is 2.56. The minimum absolute atomic E-state index is 0.193. The first-order chi connectivity index (χ1) is 5.54. The lowest BCUT2D eigenvalue weighted by Gasteiger charge is -2.36. The normalized spacial score (nSPS) is 52.2. The first-order valence-electron chi connectivity index (χ1n) is 4.58. The summed E-state index contributed by atoms with van der Waals surface area (Å²) in [7, 11) is 0. The van der Waals surface area contributed by atoms with Crippen LogP contribution in [0.3, 0.4) is 0 Å². The van der Waals surface area contributed by atoms with Gasteiger partial charge in [0.05, 0.1) is 6.10 Å². The lowest BCUT2D eigenvalue weighted by molar-refractivity contribution is -0.155. The van der Waals surface area contributed by atoms with Gasteiger partial charge in [-0.1, -0.05) is 6.92 Å². The highest BCUT2D eigenvalue weighted by Gasteiger charge is 2.54. The smallest absolute Gasteiger partial charge is 0.157 e. The second kappa shape index (κ2) is 2.44. The number of fused-ring (bicyclic) bond motifs is 2. The van der Waals surface area contributed by atoms with Gasteiger partial charge in [-0.25, -0.2) is 0 Å². The van der Waals surface area contributed by atoms with Crippen LogP contribution in [-0.2, 0) is 0 Å². The molecular formula is C9H16O3. The molecule has 2 aliphatic rings. The molecular weight excluding hydrogens is 156 g/mol. The highest BCUT2D eigenvalue weighted by molar-refractivity contribution is 5.02. The van der Waals surface area contributed by atoms with Crippen LogP contribution < -0.4 is 0 Å². The monoisotopic (exact) mass is 172 g/mol. The fraction of sp³-hybridized carbons (Fsp3) is 1.00. The Morgan fingerprint density at radius 2 is 2.00 bits per heavy atom. The maximum Gasteiger partial charge on any atom is 0.157 e. The van der Waals surface area contributed by atoms with Crippen molar-refractivity contribution in [3.63, 3.8) is 0 Å². The first-order valence-corrected chi connectivity index (χ1v) is 4.58. The van der Waals surface area contributed by atoms with E-state index in [1.165, 1.54) is 0 Å². The summed E-state index contributed by atoms with van der Waals surface area (Å²) in [5, 5.41) is 27.9. The van der Waals surface area contributed by atoms with Crippen LogP contribution in [0.5, 0.6) is 0 Å². The quantitative estimate of drug-likeness (QED) is 0.491. The predicted molar refractivity (Wildman–Crippen MR) is 43.2 cm³/mol. The van der Waals surface area contributed by atoms with Crippen LogP contribution in [0.1, 0.15) is 26.2 Å². The standard InChI is InChI=1S/C9H16O3/c1-9(8(11)12)4-5-2-6(9)3-7(5)10/h5-8,10-12H,2-4H2,1H3. The van der Waals surface area contributed by atoms with E-state index in [2.05, 4.69) is 0 Å². The van der Waals surface area contributed by atoms with Gasteiger partial charge in [0.25, 0.3) is 0 Å². The van der Waals surface area contributed by atoms with Crippen LogP contribution in [0.15, 0.2) is 0 Å². The zero-order chi connectivity index (χ0) is 8.93. The first kappa shape index (κ1) is 8.48. The van der Waals surface area contributed by atoms with Crippen molar-refractivity contribution in [1.29, 1.82) is 0 Å². The molecule has 3 nitrogen and oxygen atoms in total. The van der Waals surface area contributed by atoms with Gasteiger partial charge in [-0.05, 0) is 31.1 Å². The Labute approximate surface area is 72.0 Å². The van der Waals surface area contributed by atoms with Crippen molar-refractivity contribution in [3.8, 4) is 0 Å². The van der Waals surface area contributed by atoms with Gasteiger partial charge in [0.15, 0.2) is 6.29 Å². The number of aliphatic hydroxyl groups is 3. The third kappa shape index (κ3) is 0.934. The Kier molecular flexibility index (Phi) is 1.72. The van der Waals surface area contributed by atoms with E-state index in [-0.39, 0.29) is 11.5 Å². The van der Waals surface area contributed by atoms with Gasteiger partial charge in [-0.3, -0.25) is 0 Å². The molecule has 0 saturated heterocycles. The molecule has 2 aliphatic carbocycles. The molecule has 3 N–H and O–H groups in total. The largest absolute Gasteiger partial charge is 0.393 e. The number of rotatable bonds is 1. The second-order valence-electron chi connectivity index (χ2n) is 4.58. The molecule has 2 rings (SSSR count). The van der Waals surface area contributed by atoms with Crippen LogP contribution >= 0.6 is 0 Å². The summed E-state index contributed by atoms with van der Waals surface area (Å²) in [5.74, 6) is 0.610. The summed E-state index contributed by atoms with van der Waals surface area (Å²) < 4.78 is 0. The van der Waals surface area contributed by atoms with E-state index in [0.29, 0.717) is 11.8 Å². The lowest BCUT2D eigenvalue weighted by atomic mass is 9.73. The van der Waals surface area contributed by atoms with E-state index in [4.69, 9.17) is 0 Å². The molecule has 0 radical (unpaired) electrons. The van der Waals surface area contributed by atoms with Gasteiger partial charge in [0.1, 0.15) is 0 Å². The summed E-state index contributed by atoms with van der Waals surface area (Å²) in [4.78, 5) is 0. The third-order valence-electron chi connectivity index (χ3n) is 3.88. The molecule has 3 heteroatoms. The van der Waals surface area contributed by atoms with Gasteiger partial charge in [-0.2, -0.15) is 0 Å². The van der Waals surface area contributed by atoms with E-state index < -0.39 is 6.29 Å². The Balaban J connectivity index is 2.16. The van der Waals surface area contributed by atoms with Crippen LogP contribution in [0, 0.1) is 17.3 Å². The molecule has 0 aromatic carbocycles. The molecule has 2 fully saturated rings. The number of hydrogen-bond acceptors (Lipinski definition) is 3. The van der Waals surface area contributed by atoms with Crippen LogP contribution in [-0.4, -0.2) is 27.7 Å².